The number of amides is 1. The standard InChI is InChI=1S/C13H27N3O/c1-5-16(8-10(2)3)9-13(4,12(14)17)15-11-6-7-11/h10-11,15H,5-9H2,1-4H3,(H2,14,17). The van der Waals surface area contributed by atoms with Crippen LogP contribution in [0.4, 0.5) is 0 Å². The van der Waals surface area contributed by atoms with E-state index in [0.717, 1.165) is 13.1 Å². The van der Waals surface area contributed by atoms with Crippen LogP contribution in [0, 0.1) is 5.92 Å². The maximum absolute atomic E-state index is 11.7. The first kappa shape index (κ1) is 14.5. The van der Waals surface area contributed by atoms with Crippen molar-refractivity contribution in [1.82, 2.24) is 10.2 Å². The minimum atomic E-state index is -0.591. The highest BCUT2D eigenvalue weighted by Crippen LogP contribution is 2.23. The molecular weight excluding hydrogens is 214 g/mol. The van der Waals surface area contributed by atoms with Crippen molar-refractivity contribution in [3.05, 3.63) is 0 Å². The molecule has 4 nitrogen and oxygen atoms in total. The third-order valence-corrected chi connectivity index (χ3v) is 3.25. The van der Waals surface area contributed by atoms with Crippen molar-refractivity contribution >= 4 is 5.91 Å². The smallest absolute Gasteiger partial charge is 0.238 e. The van der Waals surface area contributed by atoms with E-state index in [0.29, 0.717) is 18.5 Å². The van der Waals surface area contributed by atoms with E-state index >= 15 is 0 Å². The van der Waals surface area contributed by atoms with Crippen LogP contribution in [0.5, 0.6) is 0 Å². The van der Waals surface area contributed by atoms with Crippen LogP contribution in [0.1, 0.15) is 40.5 Å². The van der Waals surface area contributed by atoms with E-state index in [1.807, 2.05) is 6.92 Å². The van der Waals surface area contributed by atoms with Crippen molar-refractivity contribution in [3.8, 4) is 0 Å². The van der Waals surface area contributed by atoms with Crippen LogP contribution in [0.3, 0.4) is 0 Å². The Morgan fingerprint density at radius 1 is 1.53 bits per heavy atom. The van der Waals surface area contributed by atoms with Crippen LogP contribution < -0.4 is 11.1 Å². The van der Waals surface area contributed by atoms with E-state index in [9.17, 15) is 4.79 Å². The molecule has 1 saturated carbocycles. The first-order valence-corrected chi connectivity index (χ1v) is 6.67. The topological polar surface area (TPSA) is 58.4 Å². The minimum absolute atomic E-state index is 0.244. The molecule has 3 N–H and O–H groups in total. The molecule has 1 amide bonds. The zero-order valence-electron chi connectivity index (χ0n) is 11.6. The molecule has 0 saturated heterocycles. The van der Waals surface area contributed by atoms with Crippen LogP contribution in [-0.2, 0) is 4.79 Å². The number of carbonyl (C=O) groups excluding carboxylic acids is 1. The zero-order valence-corrected chi connectivity index (χ0v) is 11.6. The van der Waals surface area contributed by atoms with Gasteiger partial charge in [-0.05, 0) is 32.2 Å². The Bertz CT molecular complexity index is 263. The van der Waals surface area contributed by atoms with Gasteiger partial charge in [0.25, 0.3) is 0 Å². The number of carbonyl (C=O) groups is 1. The van der Waals surface area contributed by atoms with E-state index in [4.69, 9.17) is 5.73 Å². The Balaban J connectivity index is 2.59. The Morgan fingerprint density at radius 3 is 2.47 bits per heavy atom. The molecule has 0 aliphatic heterocycles. The van der Waals surface area contributed by atoms with Crippen LogP contribution in [0.15, 0.2) is 0 Å². The van der Waals surface area contributed by atoms with E-state index in [2.05, 4.69) is 31.0 Å². The van der Waals surface area contributed by atoms with Gasteiger partial charge in [0.05, 0.1) is 0 Å². The fourth-order valence-electron chi connectivity index (χ4n) is 2.14. The van der Waals surface area contributed by atoms with Crippen molar-refractivity contribution in [2.45, 2.75) is 52.1 Å². The van der Waals surface area contributed by atoms with Gasteiger partial charge < -0.3 is 10.6 Å². The second kappa shape index (κ2) is 5.83. The molecule has 1 rings (SSSR count). The fourth-order valence-corrected chi connectivity index (χ4v) is 2.14. The van der Waals surface area contributed by atoms with Gasteiger partial charge in [-0.2, -0.15) is 0 Å². The molecule has 17 heavy (non-hydrogen) atoms. The Kier molecular flexibility index (Phi) is 4.95. The fraction of sp³-hybridized carbons (Fsp3) is 0.923. The highest BCUT2D eigenvalue weighted by Gasteiger charge is 2.38. The molecule has 1 aliphatic rings. The number of likely N-dealkylation sites (N-methyl/N-ethyl adjacent to an activating group) is 1. The molecule has 1 fully saturated rings. The number of hydrogen-bond donors (Lipinski definition) is 2. The van der Waals surface area contributed by atoms with Crippen molar-refractivity contribution in [3.63, 3.8) is 0 Å². The summed E-state index contributed by atoms with van der Waals surface area (Å²) in [5, 5.41) is 3.39. The molecule has 0 radical (unpaired) electrons. The lowest BCUT2D eigenvalue weighted by Crippen LogP contribution is -2.60. The lowest BCUT2D eigenvalue weighted by Gasteiger charge is -2.34. The van der Waals surface area contributed by atoms with E-state index in [1.54, 1.807) is 0 Å². The van der Waals surface area contributed by atoms with Crippen LogP contribution in [0.25, 0.3) is 0 Å². The Morgan fingerprint density at radius 2 is 2.12 bits per heavy atom. The molecule has 4 heteroatoms. The van der Waals surface area contributed by atoms with Crippen molar-refractivity contribution < 1.29 is 4.79 Å². The molecule has 0 spiro atoms. The van der Waals surface area contributed by atoms with E-state index in [1.165, 1.54) is 12.8 Å². The monoisotopic (exact) mass is 241 g/mol. The van der Waals surface area contributed by atoms with Crippen LogP contribution >= 0.6 is 0 Å². The summed E-state index contributed by atoms with van der Waals surface area (Å²) < 4.78 is 0. The molecule has 1 unspecified atom stereocenters. The Labute approximate surface area is 105 Å². The summed E-state index contributed by atoms with van der Waals surface area (Å²) in [7, 11) is 0. The van der Waals surface area contributed by atoms with Gasteiger partial charge in [0, 0.05) is 19.1 Å². The number of rotatable bonds is 8. The van der Waals surface area contributed by atoms with Gasteiger partial charge >= 0.3 is 0 Å². The number of hydrogen-bond acceptors (Lipinski definition) is 3. The second-order valence-electron chi connectivity index (χ2n) is 5.84. The molecule has 0 heterocycles. The number of nitrogens with zero attached hydrogens (tertiary/aromatic N) is 1. The zero-order chi connectivity index (χ0) is 13.1. The molecule has 0 aromatic rings. The molecule has 0 aromatic carbocycles. The van der Waals surface area contributed by atoms with Gasteiger partial charge in [-0.1, -0.05) is 20.8 Å². The summed E-state index contributed by atoms with van der Waals surface area (Å²) in [6, 6.07) is 0.491. The quantitative estimate of drug-likeness (QED) is 0.665. The lowest BCUT2D eigenvalue weighted by molar-refractivity contribution is -0.124. The van der Waals surface area contributed by atoms with Gasteiger partial charge in [0.15, 0.2) is 0 Å². The summed E-state index contributed by atoms with van der Waals surface area (Å²) in [6.45, 7) is 11.1. The van der Waals surface area contributed by atoms with E-state index in [-0.39, 0.29) is 5.91 Å². The molecule has 0 aromatic heterocycles. The normalized spacial score (nSPS) is 19.6. The molecule has 1 aliphatic carbocycles. The average molecular weight is 241 g/mol. The first-order valence-electron chi connectivity index (χ1n) is 6.67. The number of primary amides is 1. The van der Waals surface area contributed by atoms with Gasteiger partial charge in [0.2, 0.25) is 5.91 Å². The van der Waals surface area contributed by atoms with Crippen molar-refractivity contribution in [2.75, 3.05) is 19.6 Å². The summed E-state index contributed by atoms with van der Waals surface area (Å²) >= 11 is 0. The molecule has 1 atom stereocenters. The summed E-state index contributed by atoms with van der Waals surface area (Å²) in [6.07, 6.45) is 2.33. The lowest BCUT2D eigenvalue weighted by atomic mass is 9.99. The summed E-state index contributed by atoms with van der Waals surface area (Å²) in [5.41, 5.74) is 4.96. The van der Waals surface area contributed by atoms with Crippen LogP contribution in [-0.4, -0.2) is 42.0 Å². The van der Waals surface area contributed by atoms with Crippen LogP contribution in [0.2, 0.25) is 0 Å². The highest BCUT2D eigenvalue weighted by atomic mass is 16.1. The van der Waals surface area contributed by atoms with Crippen molar-refractivity contribution in [2.24, 2.45) is 11.7 Å². The second-order valence-corrected chi connectivity index (χ2v) is 5.84. The van der Waals surface area contributed by atoms with E-state index < -0.39 is 5.54 Å². The summed E-state index contributed by atoms with van der Waals surface area (Å²) in [4.78, 5) is 14.0. The minimum Gasteiger partial charge on any atom is -0.368 e. The van der Waals surface area contributed by atoms with Gasteiger partial charge in [-0.25, -0.2) is 0 Å². The average Bonchev–Trinajstić information content (AvgIpc) is 2.99. The first-order chi connectivity index (χ1) is 7.87. The van der Waals surface area contributed by atoms with Gasteiger partial charge in [-0.3, -0.25) is 10.1 Å². The SMILES string of the molecule is CCN(CC(C)C)CC(C)(NC1CC1)C(N)=O. The largest absolute Gasteiger partial charge is 0.368 e. The summed E-state index contributed by atoms with van der Waals surface area (Å²) in [5.74, 6) is 0.361. The highest BCUT2D eigenvalue weighted by molar-refractivity contribution is 5.84. The molecule has 100 valence electrons. The predicted molar refractivity (Wildman–Crippen MR) is 70.7 cm³/mol. The van der Waals surface area contributed by atoms with Crippen molar-refractivity contribution in [1.29, 1.82) is 0 Å². The number of nitrogens with two attached hydrogens (primary N) is 1. The number of nitrogens with one attached hydrogen (secondary N) is 1. The predicted octanol–water partition coefficient (Wildman–Crippen LogP) is 0.960. The van der Waals surface area contributed by atoms with Gasteiger partial charge in [0.1, 0.15) is 5.54 Å². The maximum atomic E-state index is 11.7. The molecular formula is C13H27N3O. The maximum Gasteiger partial charge on any atom is 0.238 e. The van der Waals surface area contributed by atoms with Gasteiger partial charge in [-0.15, -0.1) is 0 Å². The Hall–Kier alpha value is -0.610. The third kappa shape index (κ3) is 4.64. The third-order valence-electron chi connectivity index (χ3n) is 3.25. The molecule has 0 bridgehead atoms.